The van der Waals surface area contributed by atoms with Gasteiger partial charge < -0.3 is 9.64 Å². The molecule has 0 aromatic heterocycles. The molecule has 1 aliphatic heterocycles. The fourth-order valence-corrected chi connectivity index (χ4v) is 2.66. The quantitative estimate of drug-likeness (QED) is 0.789. The van der Waals surface area contributed by atoms with E-state index in [-0.39, 0.29) is 0 Å². The minimum Gasteiger partial charge on any atom is -0.378 e. The molecule has 2 heteroatoms. The van der Waals surface area contributed by atoms with Gasteiger partial charge in [-0.3, -0.25) is 0 Å². The zero-order valence-corrected chi connectivity index (χ0v) is 10.6. The maximum absolute atomic E-state index is 5.42. The summed E-state index contributed by atoms with van der Waals surface area (Å²) in [5.41, 5.74) is 4.21. The van der Waals surface area contributed by atoms with Crippen molar-refractivity contribution in [3.05, 3.63) is 53.2 Å². The third kappa shape index (κ3) is 2.49. The first kappa shape index (κ1) is 11.5. The normalized spacial score (nSPS) is 22.3. The molecular formula is C16H19NO. The monoisotopic (exact) mass is 241 g/mol. The van der Waals surface area contributed by atoms with Crippen LogP contribution >= 0.6 is 0 Å². The van der Waals surface area contributed by atoms with Crippen LogP contribution in [0.25, 0.3) is 6.08 Å². The van der Waals surface area contributed by atoms with Crippen molar-refractivity contribution in [1.82, 2.24) is 4.90 Å². The van der Waals surface area contributed by atoms with E-state index in [0.29, 0.717) is 0 Å². The predicted octanol–water partition coefficient (Wildman–Crippen LogP) is 3.08. The first-order chi connectivity index (χ1) is 8.93. The van der Waals surface area contributed by atoms with Crippen LogP contribution in [0.5, 0.6) is 0 Å². The number of ether oxygens (including phenoxy) is 1. The van der Waals surface area contributed by atoms with Crippen molar-refractivity contribution in [2.24, 2.45) is 0 Å². The van der Waals surface area contributed by atoms with Crippen LogP contribution in [0.3, 0.4) is 0 Å². The molecule has 18 heavy (non-hydrogen) atoms. The van der Waals surface area contributed by atoms with E-state index >= 15 is 0 Å². The van der Waals surface area contributed by atoms with Gasteiger partial charge in [-0.1, -0.05) is 36.4 Å². The van der Waals surface area contributed by atoms with Crippen molar-refractivity contribution in [1.29, 1.82) is 0 Å². The molecule has 0 radical (unpaired) electrons. The molecular weight excluding hydrogens is 222 g/mol. The molecule has 2 nitrogen and oxygen atoms in total. The number of hydrogen-bond acceptors (Lipinski definition) is 2. The standard InChI is InChI=1S/C16H19NO/c1-2-5-14(6-3-1)13-15-7-4-8-16(15)17-9-11-18-12-10-17/h1-3,5-6,8,13H,4,7,9-12H2. The molecule has 0 N–H and O–H groups in total. The van der Waals surface area contributed by atoms with Gasteiger partial charge in [0, 0.05) is 18.8 Å². The van der Waals surface area contributed by atoms with Crippen LogP contribution < -0.4 is 0 Å². The zero-order chi connectivity index (χ0) is 12.2. The lowest BCUT2D eigenvalue weighted by Gasteiger charge is -2.30. The van der Waals surface area contributed by atoms with E-state index in [0.717, 1.165) is 26.3 Å². The average molecular weight is 241 g/mol. The SMILES string of the molecule is C(=C1CCC=C1N1CCOCC1)c1ccccc1. The highest BCUT2D eigenvalue weighted by Gasteiger charge is 2.19. The molecule has 0 spiro atoms. The van der Waals surface area contributed by atoms with Crippen molar-refractivity contribution in [2.45, 2.75) is 12.8 Å². The summed E-state index contributed by atoms with van der Waals surface area (Å²) >= 11 is 0. The van der Waals surface area contributed by atoms with Gasteiger partial charge >= 0.3 is 0 Å². The Morgan fingerprint density at radius 1 is 1.06 bits per heavy atom. The summed E-state index contributed by atoms with van der Waals surface area (Å²) in [6.07, 6.45) is 7.04. The average Bonchev–Trinajstić information content (AvgIpc) is 2.89. The Labute approximate surface area is 109 Å². The molecule has 0 atom stereocenters. The third-order valence-corrected chi connectivity index (χ3v) is 3.57. The van der Waals surface area contributed by atoms with Crippen LogP contribution in [-0.4, -0.2) is 31.2 Å². The van der Waals surface area contributed by atoms with Gasteiger partial charge in [-0.15, -0.1) is 0 Å². The fraction of sp³-hybridized carbons (Fsp3) is 0.375. The van der Waals surface area contributed by atoms with Crippen LogP contribution in [0.1, 0.15) is 18.4 Å². The summed E-state index contributed by atoms with van der Waals surface area (Å²) in [6, 6.07) is 10.6. The lowest BCUT2D eigenvalue weighted by atomic mass is 10.1. The molecule has 1 fully saturated rings. The van der Waals surface area contributed by atoms with E-state index in [1.54, 1.807) is 0 Å². The van der Waals surface area contributed by atoms with Gasteiger partial charge in [0.05, 0.1) is 13.2 Å². The van der Waals surface area contributed by atoms with E-state index in [4.69, 9.17) is 4.74 Å². The molecule has 0 amide bonds. The summed E-state index contributed by atoms with van der Waals surface area (Å²) in [5, 5.41) is 0. The van der Waals surface area contributed by atoms with E-state index in [9.17, 15) is 0 Å². The highest BCUT2D eigenvalue weighted by molar-refractivity contribution is 5.59. The predicted molar refractivity (Wildman–Crippen MR) is 74.1 cm³/mol. The van der Waals surface area contributed by atoms with E-state index in [1.165, 1.54) is 29.7 Å². The summed E-state index contributed by atoms with van der Waals surface area (Å²) in [4.78, 5) is 2.46. The summed E-state index contributed by atoms with van der Waals surface area (Å²) in [7, 11) is 0. The Bertz CT molecular complexity index is 455. The number of benzene rings is 1. The van der Waals surface area contributed by atoms with Gasteiger partial charge in [-0.25, -0.2) is 0 Å². The van der Waals surface area contributed by atoms with Gasteiger partial charge in [0.1, 0.15) is 0 Å². The number of hydrogen-bond donors (Lipinski definition) is 0. The second-order valence-corrected chi connectivity index (χ2v) is 4.81. The van der Waals surface area contributed by atoms with E-state index in [2.05, 4.69) is 47.4 Å². The van der Waals surface area contributed by atoms with Gasteiger partial charge in [0.2, 0.25) is 0 Å². The smallest absolute Gasteiger partial charge is 0.0642 e. The molecule has 2 aliphatic rings. The fourth-order valence-electron chi connectivity index (χ4n) is 2.66. The summed E-state index contributed by atoms with van der Waals surface area (Å²) in [5.74, 6) is 0. The zero-order valence-electron chi connectivity index (χ0n) is 10.6. The Balaban J connectivity index is 1.80. The van der Waals surface area contributed by atoms with Crippen molar-refractivity contribution < 1.29 is 4.74 Å². The van der Waals surface area contributed by atoms with Gasteiger partial charge in [-0.05, 0) is 30.1 Å². The highest BCUT2D eigenvalue weighted by Crippen LogP contribution is 2.30. The molecule has 3 rings (SSSR count). The van der Waals surface area contributed by atoms with Crippen LogP contribution in [-0.2, 0) is 4.74 Å². The molecule has 1 aliphatic carbocycles. The Morgan fingerprint density at radius 2 is 1.83 bits per heavy atom. The number of morpholine rings is 1. The van der Waals surface area contributed by atoms with Crippen LogP contribution in [0.2, 0.25) is 0 Å². The topological polar surface area (TPSA) is 12.5 Å². The molecule has 1 saturated heterocycles. The molecule has 94 valence electrons. The third-order valence-electron chi connectivity index (χ3n) is 3.57. The van der Waals surface area contributed by atoms with E-state index in [1.807, 2.05) is 0 Å². The Hall–Kier alpha value is -1.54. The maximum atomic E-state index is 5.42. The second kappa shape index (κ2) is 5.40. The van der Waals surface area contributed by atoms with Gasteiger partial charge in [0.15, 0.2) is 0 Å². The Kier molecular flexibility index (Phi) is 3.47. The molecule has 0 saturated carbocycles. The number of rotatable bonds is 2. The van der Waals surface area contributed by atoms with Crippen molar-refractivity contribution in [3.8, 4) is 0 Å². The van der Waals surface area contributed by atoms with Crippen LogP contribution in [0, 0.1) is 0 Å². The molecule has 1 aromatic carbocycles. The van der Waals surface area contributed by atoms with Gasteiger partial charge in [0.25, 0.3) is 0 Å². The lowest BCUT2D eigenvalue weighted by molar-refractivity contribution is 0.0550. The first-order valence-corrected chi connectivity index (χ1v) is 6.72. The minimum absolute atomic E-state index is 0.857. The summed E-state index contributed by atoms with van der Waals surface area (Å²) in [6.45, 7) is 3.77. The number of nitrogens with zero attached hydrogens (tertiary/aromatic N) is 1. The molecule has 0 unspecified atom stereocenters. The van der Waals surface area contributed by atoms with Gasteiger partial charge in [-0.2, -0.15) is 0 Å². The highest BCUT2D eigenvalue weighted by atomic mass is 16.5. The van der Waals surface area contributed by atoms with Crippen LogP contribution in [0.15, 0.2) is 47.7 Å². The van der Waals surface area contributed by atoms with Crippen LogP contribution in [0.4, 0.5) is 0 Å². The second-order valence-electron chi connectivity index (χ2n) is 4.81. The molecule has 1 aromatic rings. The minimum atomic E-state index is 0.857. The molecule has 0 bridgehead atoms. The van der Waals surface area contributed by atoms with Crippen molar-refractivity contribution >= 4 is 6.08 Å². The summed E-state index contributed by atoms with van der Waals surface area (Å²) < 4.78 is 5.42. The maximum Gasteiger partial charge on any atom is 0.0642 e. The van der Waals surface area contributed by atoms with Crippen molar-refractivity contribution in [2.75, 3.05) is 26.3 Å². The first-order valence-electron chi connectivity index (χ1n) is 6.72. The van der Waals surface area contributed by atoms with E-state index < -0.39 is 0 Å². The van der Waals surface area contributed by atoms with Crippen molar-refractivity contribution in [3.63, 3.8) is 0 Å². The number of allylic oxidation sites excluding steroid dienone is 2. The lowest BCUT2D eigenvalue weighted by Crippen LogP contribution is -2.35. The molecule has 1 heterocycles. The largest absolute Gasteiger partial charge is 0.378 e. The Morgan fingerprint density at radius 3 is 2.61 bits per heavy atom.